The smallest absolute Gasteiger partial charge is 0.333 e. The molecule has 1 saturated carbocycles. The van der Waals surface area contributed by atoms with Crippen LogP contribution in [0, 0.1) is 0 Å². The van der Waals surface area contributed by atoms with Crippen LogP contribution in [0.25, 0.3) is 0 Å². The highest BCUT2D eigenvalue weighted by Crippen LogP contribution is 2.28. The summed E-state index contributed by atoms with van der Waals surface area (Å²) in [6.45, 7) is 3.14. The van der Waals surface area contributed by atoms with E-state index < -0.39 is 11.1 Å². The van der Waals surface area contributed by atoms with Crippen molar-refractivity contribution < 1.29 is 9.53 Å². The number of aromatic nitrogens is 3. The van der Waals surface area contributed by atoms with Gasteiger partial charge in [-0.3, -0.25) is 19.0 Å². The number of carbonyl (C=O) groups is 1. The Balaban J connectivity index is 1.59. The van der Waals surface area contributed by atoms with Gasteiger partial charge < -0.3 is 15.0 Å². The van der Waals surface area contributed by atoms with Crippen molar-refractivity contribution in [1.82, 2.24) is 19.7 Å². The Morgan fingerprint density at radius 2 is 1.86 bits per heavy atom. The Labute approximate surface area is 167 Å². The number of ether oxygens (including phenoxy) is 1. The zero-order valence-corrected chi connectivity index (χ0v) is 16.5. The van der Waals surface area contributed by atoms with Crippen LogP contribution in [0.15, 0.2) is 33.9 Å². The van der Waals surface area contributed by atoms with E-state index in [4.69, 9.17) is 4.74 Å². The summed E-state index contributed by atoms with van der Waals surface area (Å²) >= 11 is 0. The third kappa shape index (κ3) is 3.90. The molecule has 4 rings (SSSR count). The lowest BCUT2D eigenvalue weighted by Crippen LogP contribution is -2.45. The van der Waals surface area contributed by atoms with E-state index in [-0.39, 0.29) is 18.5 Å². The van der Waals surface area contributed by atoms with E-state index in [2.05, 4.69) is 10.4 Å². The third-order valence-electron chi connectivity index (χ3n) is 5.38. The molecule has 1 fully saturated rings. The zero-order valence-electron chi connectivity index (χ0n) is 16.5. The number of hydrogen-bond donors (Lipinski definition) is 1. The normalized spacial score (nSPS) is 16.1. The molecule has 0 spiro atoms. The molecule has 2 aromatic rings. The molecule has 1 amide bonds. The molecular weight excluding hydrogens is 374 g/mol. The molecule has 2 heterocycles. The fourth-order valence-electron chi connectivity index (χ4n) is 3.95. The summed E-state index contributed by atoms with van der Waals surface area (Å²) < 4.78 is 7.81. The molecule has 154 valence electrons. The molecule has 0 unspecified atom stereocenters. The number of amides is 1. The molecule has 1 N–H and O–H groups in total. The van der Waals surface area contributed by atoms with Crippen LogP contribution >= 0.6 is 0 Å². The van der Waals surface area contributed by atoms with Gasteiger partial charge in [0.05, 0.1) is 6.61 Å². The van der Waals surface area contributed by atoms with Crippen LogP contribution in [0.1, 0.15) is 32.6 Å². The van der Waals surface area contributed by atoms with Crippen molar-refractivity contribution in [3.8, 4) is 5.75 Å². The SMILES string of the molecule is CCOc1ccc(N2CCn3c2nn(CC(=O)NC2CCCC2)c(=O)c3=O)cc1. The fraction of sp³-hybridized carbons (Fsp3) is 0.500. The summed E-state index contributed by atoms with van der Waals surface area (Å²) in [5.74, 6) is 0.836. The van der Waals surface area contributed by atoms with Crippen molar-refractivity contribution in [2.75, 3.05) is 18.1 Å². The summed E-state index contributed by atoms with van der Waals surface area (Å²) in [5.41, 5.74) is -0.590. The largest absolute Gasteiger partial charge is 0.494 e. The van der Waals surface area contributed by atoms with Crippen LogP contribution in [-0.2, 0) is 17.9 Å². The van der Waals surface area contributed by atoms with Gasteiger partial charge in [0.2, 0.25) is 11.9 Å². The number of nitrogens with zero attached hydrogens (tertiary/aromatic N) is 4. The first-order chi connectivity index (χ1) is 14.1. The average molecular weight is 399 g/mol. The Bertz CT molecular complexity index is 1010. The molecule has 29 heavy (non-hydrogen) atoms. The number of anilines is 2. The maximum Gasteiger partial charge on any atom is 0.333 e. The molecule has 9 nitrogen and oxygen atoms in total. The molecule has 1 aliphatic carbocycles. The summed E-state index contributed by atoms with van der Waals surface area (Å²) in [4.78, 5) is 39.1. The number of fused-ring (bicyclic) bond motifs is 1. The summed E-state index contributed by atoms with van der Waals surface area (Å²) in [7, 11) is 0. The fourth-order valence-corrected chi connectivity index (χ4v) is 3.95. The minimum absolute atomic E-state index is 0.147. The van der Waals surface area contributed by atoms with Gasteiger partial charge in [0, 0.05) is 24.8 Å². The van der Waals surface area contributed by atoms with E-state index in [1.807, 2.05) is 36.1 Å². The maximum absolute atomic E-state index is 12.5. The third-order valence-corrected chi connectivity index (χ3v) is 5.38. The van der Waals surface area contributed by atoms with Crippen LogP contribution in [0.4, 0.5) is 11.6 Å². The molecule has 0 bridgehead atoms. The highest BCUT2D eigenvalue weighted by molar-refractivity contribution is 5.76. The van der Waals surface area contributed by atoms with E-state index in [0.717, 1.165) is 41.8 Å². The van der Waals surface area contributed by atoms with Crippen LogP contribution in [-0.4, -0.2) is 39.4 Å². The lowest BCUT2D eigenvalue weighted by atomic mass is 10.2. The quantitative estimate of drug-likeness (QED) is 0.728. The molecular formula is C20H25N5O4. The number of hydrogen-bond acceptors (Lipinski definition) is 6. The first-order valence-electron chi connectivity index (χ1n) is 10.1. The standard InChI is InChI=1S/C20H25N5O4/c1-2-29-16-9-7-15(8-10-16)23-11-12-24-18(27)19(28)25(22-20(23)24)13-17(26)21-14-5-3-4-6-14/h7-10,14H,2-6,11-13H2,1H3,(H,21,26). The van der Waals surface area contributed by atoms with Crippen molar-refractivity contribution in [3.05, 3.63) is 45.0 Å². The van der Waals surface area contributed by atoms with Gasteiger partial charge in [-0.15, -0.1) is 5.10 Å². The number of rotatable bonds is 6. The predicted molar refractivity (Wildman–Crippen MR) is 108 cm³/mol. The minimum atomic E-state index is -0.774. The van der Waals surface area contributed by atoms with Gasteiger partial charge in [-0.05, 0) is 44.0 Å². The molecule has 0 atom stereocenters. The van der Waals surface area contributed by atoms with Crippen LogP contribution in [0.2, 0.25) is 0 Å². The Kier molecular flexibility index (Phi) is 5.37. The predicted octanol–water partition coefficient (Wildman–Crippen LogP) is 1.01. The highest BCUT2D eigenvalue weighted by Gasteiger charge is 2.27. The van der Waals surface area contributed by atoms with Crippen molar-refractivity contribution >= 4 is 17.5 Å². The Morgan fingerprint density at radius 1 is 1.14 bits per heavy atom. The van der Waals surface area contributed by atoms with E-state index in [9.17, 15) is 14.4 Å². The van der Waals surface area contributed by atoms with Gasteiger partial charge in [0.15, 0.2) is 0 Å². The van der Waals surface area contributed by atoms with Gasteiger partial charge in [-0.1, -0.05) is 12.8 Å². The average Bonchev–Trinajstić information content (AvgIpc) is 3.37. The lowest BCUT2D eigenvalue weighted by Gasteiger charge is -2.18. The first-order valence-corrected chi connectivity index (χ1v) is 10.1. The van der Waals surface area contributed by atoms with Gasteiger partial charge in [-0.25, -0.2) is 4.68 Å². The van der Waals surface area contributed by atoms with E-state index >= 15 is 0 Å². The van der Waals surface area contributed by atoms with Crippen molar-refractivity contribution in [2.24, 2.45) is 0 Å². The molecule has 2 aliphatic rings. The molecule has 0 saturated heterocycles. The molecule has 1 aromatic heterocycles. The number of carbonyl (C=O) groups excluding carboxylic acids is 1. The van der Waals surface area contributed by atoms with E-state index in [0.29, 0.717) is 25.6 Å². The van der Waals surface area contributed by atoms with E-state index in [1.54, 1.807) is 0 Å². The summed E-state index contributed by atoms with van der Waals surface area (Å²) in [6.07, 6.45) is 4.10. The van der Waals surface area contributed by atoms with Crippen LogP contribution in [0.5, 0.6) is 5.75 Å². The molecule has 1 aliphatic heterocycles. The summed E-state index contributed by atoms with van der Waals surface area (Å²) in [5, 5.41) is 7.27. The van der Waals surface area contributed by atoms with Gasteiger partial charge >= 0.3 is 11.1 Å². The zero-order chi connectivity index (χ0) is 20.4. The first kappa shape index (κ1) is 19.2. The van der Waals surface area contributed by atoms with Crippen LogP contribution in [0.3, 0.4) is 0 Å². The van der Waals surface area contributed by atoms with Crippen molar-refractivity contribution in [1.29, 1.82) is 0 Å². The maximum atomic E-state index is 12.5. The number of benzene rings is 1. The van der Waals surface area contributed by atoms with E-state index in [1.165, 1.54) is 4.57 Å². The second-order valence-electron chi connectivity index (χ2n) is 7.35. The lowest BCUT2D eigenvalue weighted by molar-refractivity contribution is -0.122. The van der Waals surface area contributed by atoms with Crippen LogP contribution < -0.4 is 26.1 Å². The minimum Gasteiger partial charge on any atom is -0.494 e. The topological polar surface area (TPSA) is 98.5 Å². The summed E-state index contributed by atoms with van der Waals surface area (Å²) in [6, 6.07) is 7.62. The molecule has 0 radical (unpaired) electrons. The monoisotopic (exact) mass is 399 g/mol. The molecule has 1 aromatic carbocycles. The number of nitrogens with one attached hydrogen (secondary N) is 1. The molecule has 9 heteroatoms. The highest BCUT2D eigenvalue weighted by atomic mass is 16.5. The van der Waals surface area contributed by atoms with Crippen molar-refractivity contribution in [2.45, 2.75) is 51.7 Å². The Hall–Kier alpha value is -3.10. The van der Waals surface area contributed by atoms with Gasteiger partial charge in [0.25, 0.3) is 0 Å². The second kappa shape index (κ2) is 8.10. The van der Waals surface area contributed by atoms with Gasteiger partial charge in [-0.2, -0.15) is 0 Å². The Morgan fingerprint density at radius 3 is 2.55 bits per heavy atom. The van der Waals surface area contributed by atoms with Gasteiger partial charge in [0.1, 0.15) is 12.3 Å². The van der Waals surface area contributed by atoms with Crippen molar-refractivity contribution in [3.63, 3.8) is 0 Å². The second-order valence-corrected chi connectivity index (χ2v) is 7.35.